The Balaban J connectivity index is 1.19. The Bertz CT molecular complexity index is 837. The zero-order valence-corrected chi connectivity index (χ0v) is 18.2. The van der Waals surface area contributed by atoms with Gasteiger partial charge in [0.15, 0.2) is 0 Å². The summed E-state index contributed by atoms with van der Waals surface area (Å²) in [5.74, 6) is 2.78. The van der Waals surface area contributed by atoms with Gasteiger partial charge in [-0.1, -0.05) is 12.1 Å². The van der Waals surface area contributed by atoms with Gasteiger partial charge in [0, 0.05) is 43.7 Å². The van der Waals surface area contributed by atoms with E-state index in [1.165, 1.54) is 19.3 Å². The second-order valence-corrected chi connectivity index (χ2v) is 8.79. The Morgan fingerprint density at radius 3 is 2.60 bits per heavy atom. The molecule has 1 saturated carbocycles. The van der Waals surface area contributed by atoms with Crippen LogP contribution in [0.5, 0.6) is 0 Å². The minimum absolute atomic E-state index is 0.0151. The van der Waals surface area contributed by atoms with E-state index in [-0.39, 0.29) is 11.9 Å². The molecule has 4 rings (SSSR count). The number of anilines is 1. The van der Waals surface area contributed by atoms with Crippen LogP contribution >= 0.6 is 0 Å². The van der Waals surface area contributed by atoms with E-state index in [9.17, 15) is 4.39 Å². The third kappa shape index (κ3) is 4.98. The van der Waals surface area contributed by atoms with Crippen LogP contribution in [-0.2, 0) is 16.1 Å². The van der Waals surface area contributed by atoms with Gasteiger partial charge in [0.2, 0.25) is 5.95 Å². The summed E-state index contributed by atoms with van der Waals surface area (Å²) >= 11 is 0. The largest absolute Gasteiger partial charge is 0.377 e. The number of ether oxygens (including phenoxy) is 2. The summed E-state index contributed by atoms with van der Waals surface area (Å²) in [7, 11) is 1.69. The molecule has 3 atom stereocenters. The fourth-order valence-corrected chi connectivity index (χ4v) is 4.50. The molecule has 2 aromatic rings. The molecule has 0 spiro atoms. The maximum absolute atomic E-state index is 13.9. The number of piperidine rings is 1. The van der Waals surface area contributed by atoms with E-state index in [0.29, 0.717) is 18.1 Å². The van der Waals surface area contributed by atoms with Crippen LogP contribution in [0.2, 0.25) is 0 Å². The monoisotopic (exact) mass is 413 g/mol. The van der Waals surface area contributed by atoms with Crippen LogP contribution in [0, 0.1) is 30.5 Å². The first-order valence-electron chi connectivity index (χ1n) is 11.0. The summed E-state index contributed by atoms with van der Waals surface area (Å²) < 4.78 is 25.1. The molecular weight excluding hydrogens is 381 g/mol. The Morgan fingerprint density at radius 1 is 1.20 bits per heavy atom. The highest BCUT2D eigenvalue weighted by molar-refractivity contribution is 5.31. The average Bonchev–Trinajstić information content (AvgIpc) is 3.54. The van der Waals surface area contributed by atoms with Crippen LogP contribution in [0.1, 0.15) is 49.0 Å². The fraction of sp³-hybridized carbons (Fsp3) is 0.583. The topological polar surface area (TPSA) is 47.5 Å². The van der Waals surface area contributed by atoms with Gasteiger partial charge >= 0.3 is 0 Å². The lowest BCUT2D eigenvalue weighted by atomic mass is 9.91. The average molecular weight is 414 g/mol. The molecule has 0 N–H and O–H groups in total. The van der Waals surface area contributed by atoms with Crippen LogP contribution < -0.4 is 4.90 Å². The van der Waals surface area contributed by atoms with Crippen LogP contribution in [0.3, 0.4) is 0 Å². The third-order valence-corrected chi connectivity index (χ3v) is 6.68. The maximum atomic E-state index is 13.9. The SMILES string of the molecule is COC(C)c1cnc(N2CCC(C3CC3COCc3ccc(C)cc3F)CC2)nc1. The van der Waals surface area contributed by atoms with Gasteiger partial charge in [-0.15, -0.1) is 0 Å². The minimum Gasteiger partial charge on any atom is -0.377 e. The first kappa shape index (κ1) is 21.2. The van der Waals surface area contributed by atoms with E-state index in [1.807, 2.05) is 38.4 Å². The fourth-order valence-electron chi connectivity index (χ4n) is 4.50. The minimum atomic E-state index is -0.165. The lowest BCUT2D eigenvalue weighted by molar-refractivity contribution is 0.102. The molecule has 6 heteroatoms. The second-order valence-electron chi connectivity index (χ2n) is 8.79. The molecule has 3 unspecified atom stereocenters. The highest BCUT2D eigenvalue weighted by Crippen LogP contribution is 2.48. The van der Waals surface area contributed by atoms with Gasteiger partial charge < -0.3 is 14.4 Å². The number of halogens is 1. The van der Waals surface area contributed by atoms with E-state index in [2.05, 4.69) is 14.9 Å². The van der Waals surface area contributed by atoms with Crippen molar-refractivity contribution in [2.24, 2.45) is 17.8 Å². The number of benzene rings is 1. The van der Waals surface area contributed by atoms with Gasteiger partial charge in [0.05, 0.1) is 19.3 Å². The lowest BCUT2D eigenvalue weighted by Crippen LogP contribution is -2.35. The van der Waals surface area contributed by atoms with Crippen molar-refractivity contribution in [3.63, 3.8) is 0 Å². The summed E-state index contributed by atoms with van der Waals surface area (Å²) in [6.45, 7) is 7.00. The van der Waals surface area contributed by atoms with Crippen molar-refractivity contribution in [2.45, 2.75) is 45.8 Å². The summed E-state index contributed by atoms with van der Waals surface area (Å²) in [5, 5.41) is 0. The van der Waals surface area contributed by atoms with Gasteiger partial charge in [0.25, 0.3) is 0 Å². The van der Waals surface area contributed by atoms with Gasteiger partial charge in [-0.3, -0.25) is 0 Å². The highest BCUT2D eigenvalue weighted by Gasteiger charge is 2.43. The quantitative estimate of drug-likeness (QED) is 0.628. The van der Waals surface area contributed by atoms with Gasteiger partial charge in [0.1, 0.15) is 5.82 Å². The van der Waals surface area contributed by atoms with Crippen molar-refractivity contribution < 1.29 is 13.9 Å². The number of aryl methyl sites for hydroxylation is 1. The Morgan fingerprint density at radius 2 is 1.93 bits per heavy atom. The zero-order valence-electron chi connectivity index (χ0n) is 18.2. The van der Waals surface area contributed by atoms with Crippen molar-refractivity contribution in [1.29, 1.82) is 0 Å². The van der Waals surface area contributed by atoms with Crippen molar-refractivity contribution in [1.82, 2.24) is 9.97 Å². The molecule has 2 heterocycles. The van der Waals surface area contributed by atoms with Crippen LogP contribution in [0.15, 0.2) is 30.6 Å². The molecule has 1 aliphatic carbocycles. The Kier molecular flexibility index (Phi) is 6.64. The number of rotatable bonds is 8. The molecule has 30 heavy (non-hydrogen) atoms. The van der Waals surface area contributed by atoms with E-state index in [0.717, 1.165) is 48.6 Å². The number of nitrogens with zero attached hydrogens (tertiary/aromatic N) is 3. The molecule has 1 saturated heterocycles. The van der Waals surface area contributed by atoms with E-state index < -0.39 is 0 Å². The van der Waals surface area contributed by atoms with Crippen LogP contribution in [0.25, 0.3) is 0 Å². The predicted octanol–water partition coefficient (Wildman–Crippen LogP) is 4.70. The van der Waals surface area contributed by atoms with Crippen molar-refractivity contribution in [2.75, 3.05) is 31.7 Å². The molecule has 0 amide bonds. The first-order chi connectivity index (χ1) is 14.5. The third-order valence-electron chi connectivity index (χ3n) is 6.68. The predicted molar refractivity (Wildman–Crippen MR) is 115 cm³/mol. The Labute approximate surface area is 178 Å². The first-order valence-corrected chi connectivity index (χ1v) is 11.0. The smallest absolute Gasteiger partial charge is 0.225 e. The molecule has 2 aliphatic rings. The molecule has 1 aromatic heterocycles. The van der Waals surface area contributed by atoms with Crippen molar-refractivity contribution in [3.05, 3.63) is 53.1 Å². The van der Waals surface area contributed by atoms with Crippen molar-refractivity contribution >= 4 is 5.95 Å². The molecule has 162 valence electrons. The molecule has 0 bridgehead atoms. The Hall–Kier alpha value is -2.05. The number of aromatic nitrogens is 2. The van der Waals surface area contributed by atoms with Crippen LogP contribution in [0.4, 0.5) is 10.3 Å². The number of hydrogen-bond donors (Lipinski definition) is 0. The standard InChI is InChI=1S/C24H32FN3O2/c1-16-4-5-19(23(25)10-16)14-30-15-20-11-22(20)18-6-8-28(9-7-18)24-26-12-21(13-27-24)17(2)29-3/h4-5,10,12-13,17-18,20,22H,6-9,11,14-15H2,1-3H3. The molecule has 1 aromatic carbocycles. The lowest BCUT2D eigenvalue weighted by Gasteiger charge is -2.32. The summed E-state index contributed by atoms with van der Waals surface area (Å²) in [6, 6.07) is 5.34. The van der Waals surface area contributed by atoms with Crippen molar-refractivity contribution in [3.8, 4) is 0 Å². The molecule has 5 nitrogen and oxygen atoms in total. The number of methoxy groups -OCH3 is 1. The molecule has 0 radical (unpaired) electrons. The maximum Gasteiger partial charge on any atom is 0.225 e. The van der Waals surface area contributed by atoms with Gasteiger partial charge in [-0.2, -0.15) is 0 Å². The van der Waals surface area contributed by atoms with Gasteiger partial charge in [-0.25, -0.2) is 14.4 Å². The normalized spacial score (nSPS) is 22.9. The van der Waals surface area contributed by atoms with E-state index in [4.69, 9.17) is 9.47 Å². The summed E-state index contributed by atoms with van der Waals surface area (Å²) in [4.78, 5) is 11.4. The molecular formula is C24H32FN3O2. The molecule has 2 fully saturated rings. The second kappa shape index (κ2) is 9.40. The molecule has 1 aliphatic heterocycles. The summed E-state index contributed by atoms with van der Waals surface area (Å²) in [5.41, 5.74) is 2.59. The van der Waals surface area contributed by atoms with Crippen LogP contribution in [-0.4, -0.2) is 36.8 Å². The van der Waals surface area contributed by atoms with E-state index >= 15 is 0 Å². The highest BCUT2D eigenvalue weighted by atomic mass is 19.1. The summed E-state index contributed by atoms with van der Waals surface area (Å²) in [6.07, 6.45) is 7.34. The zero-order chi connectivity index (χ0) is 21.1. The van der Waals surface area contributed by atoms with E-state index in [1.54, 1.807) is 13.2 Å². The number of hydrogen-bond acceptors (Lipinski definition) is 5. The van der Waals surface area contributed by atoms with Gasteiger partial charge in [-0.05, 0) is 62.5 Å².